The Balaban J connectivity index is 2.19. The van der Waals surface area contributed by atoms with Crippen LogP contribution in [0, 0.1) is 5.92 Å². The smallest absolute Gasteiger partial charge is 0.142 e. The predicted molar refractivity (Wildman–Crippen MR) is 63.6 cm³/mol. The Morgan fingerprint density at radius 1 is 1.47 bits per heavy atom. The van der Waals surface area contributed by atoms with Gasteiger partial charge in [0.2, 0.25) is 0 Å². The third kappa shape index (κ3) is 2.44. The van der Waals surface area contributed by atoms with Gasteiger partial charge in [0.25, 0.3) is 0 Å². The summed E-state index contributed by atoms with van der Waals surface area (Å²) in [5, 5.41) is 3.40. The Kier molecular flexibility index (Phi) is 2.85. The molecule has 1 aliphatic heterocycles. The van der Waals surface area contributed by atoms with Crippen LogP contribution in [0.25, 0.3) is 0 Å². The van der Waals surface area contributed by atoms with Gasteiger partial charge in [0.05, 0.1) is 12.2 Å². The van der Waals surface area contributed by atoms with Crippen LogP contribution < -0.4 is 10.1 Å². The van der Waals surface area contributed by atoms with Gasteiger partial charge in [0.1, 0.15) is 11.9 Å². The molecule has 0 saturated heterocycles. The van der Waals surface area contributed by atoms with Crippen molar-refractivity contribution in [3.05, 3.63) is 23.8 Å². The lowest BCUT2D eigenvalue weighted by atomic mass is 10.0. The molecular formula is C13H19NO. The summed E-state index contributed by atoms with van der Waals surface area (Å²) in [4.78, 5) is 0. The first kappa shape index (κ1) is 10.3. The second kappa shape index (κ2) is 4.13. The molecule has 0 spiro atoms. The van der Waals surface area contributed by atoms with Gasteiger partial charge in [-0.15, -0.1) is 0 Å². The van der Waals surface area contributed by atoms with Gasteiger partial charge >= 0.3 is 0 Å². The maximum Gasteiger partial charge on any atom is 0.142 e. The maximum absolute atomic E-state index is 5.73. The lowest BCUT2D eigenvalue weighted by Gasteiger charge is -2.25. The number of ether oxygens (including phenoxy) is 1. The number of hydrogen-bond acceptors (Lipinski definition) is 2. The first-order chi connectivity index (χ1) is 7.15. The molecule has 2 heteroatoms. The highest BCUT2D eigenvalue weighted by Crippen LogP contribution is 2.30. The van der Waals surface area contributed by atoms with Crippen LogP contribution in [0.1, 0.15) is 26.3 Å². The van der Waals surface area contributed by atoms with E-state index < -0.39 is 0 Å². The van der Waals surface area contributed by atoms with Crippen molar-refractivity contribution in [2.24, 2.45) is 5.92 Å². The quantitative estimate of drug-likeness (QED) is 0.801. The van der Waals surface area contributed by atoms with Gasteiger partial charge < -0.3 is 10.1 Å². The van der Waals surface area contributed by atoms with Gasteiger partial charge in [-0.2, -0.15) is 0 Å². The number of anilines is 1. The van der Waals surface area contributed by atoms with E-state index in [4.69, 9.17) is 4.74 Å². The van der Waals surface area contributed by atoms with E-state index >= 15 is 0 Å². The second-order valence-corrected chi connectivity index (χ2v) is 4.74. The van der Waals surface area contributed by atoms with E-state index in [0.29, 0.717) is 5.92 Å². The van der Waals surface area contributed by atoms with Crippen LogP contribution in [0.5, 0.6) is 5.75 Å². The van der Waals surface area contributed by atoms with Crippen molar-refractivity contribution in [2.45, 2.75) is 33.3 Å². The lowest BCUT2D eigenvalue weighted by Crippen LogP contribution is -2.27. The van der Waals surface area contributed by atoms with E-state index in [1.807, 2.05) is 0 Å². The summed E-state index contributed by atoms with van der Waals surface area (Å²) in [6.07, 6.45) is 1.40. The van der Waals surface area contributed by atoms with Gasteiger partial charge in [0, 0.05) is 0 Å². The Morgan fingerprint density at radius 2 is 2.27 bits per heavy atom. The van der Waals surface area contributed by atoms with Crippen molar-refractivity contribution in [2.75, 3.05) is 11.9 Å². The van der Waals surface area contributed by atoms with Crippen LogP contribution in [0.4, 0.5) is 5.69 Å². The Labute approximate surface area is 91.6 Å². The van der Waals surface area contributed by atoms with Crippen molar-refractivity contribution < 1.29 is 4.74 Å². The molecule has 15 heavy (non-hydrogen) atoms. The zero-order chi connectivity index (χ0) is 10.8. The molecule has 0 bridgehead atoms. The fourth-order valence-electron chi connectivity index (χ4n) is 1.93. The molecule has 0 radical (unpaired) electrons. The molecule has 2 rings (SSSR count). The second-order valence-electron chi connectivity index (χ2n) is 4.74. The van der Waals surface area contributed by atoms with Crippen molar-refractivity contribution in [3.63, 3.8) is 0 Å². The highest BCUT2D eigenvalue weighted by atomic mass is 16.5. The normalized spacial score (nSPS) is 19.3. The molecule has 1 aromatic carbocycles. The zero-order valence-corrected chi connectivity index (χ0v) is 9.71. The van der Waals surface area contributed by atoms with Crippen LogP contribution in [-0.2, 0) is 6.42 Å². The summed E-state index contributed by atoms with van der Waals surface area (Å²) in [7, 11) is 0. The highest BCUT2D eigenvalue weighted by Gasteiger charge is 2.15. The minimum atomic E-state index is 0.272. The van der Waals surface area contributed by atoms with E-state index in [2.05, 4.69) is 44.3 Å². The molecule has 0 fully saturated rings. The van der Waals surface area contributed by atoms with Gasteiger partial charge in [-0.1, -0.05) is 19.9 Å². The van der Waals surface area contributed by atoms with Crippen molar-refractivity contribution in [1.29, 1.82) is 0 Å². The van der Waals surface area contributed by atoms with Crippen molar-refractivity contribution >= 4 is 5.69 Å². The monoisotopic (exact) mass is 205 g/mol. The third-order valence-electron chi connectivity index (χ3n) is 2.60. The van der Waals surface area contributed by atoms with Crippen LogP contribution in [0.15, 0.2) is 18.2 Å². The van der Waals surface area contributed by atoms with Gasteiger partial charge in [-0.05, 0) is 37.0 Å². The molecule has 0 amide bonds. The first-order valence-corrected chi connectivity index (χ1v) is 5.68. The average Bonchev–Trinajstić information content (AvgIpc) is 2.17. The van der Waals surface area contributed by atoms with E-state index in [1.165, 1.54) is 5.56 Å². The first-order valence-electron chi connectivity index (χ1n) is 5.68. The van der Waals surface area contributed by atoms with E-state index in [1.54, 1.807) is 0 Å². The van der Waals surface area contributed by atoms with Gasteiger partial charge in [-0.25, -0.2) is 0 Å². The number of hydrogen-bond donors (Lipinski definition) is 1. The predicted octanol–water partition coefficient (Wildman–Crippen LogP) is 3.08. The Morgan fingerprint density at radius 3 is 3.00 bits per heavy atom. The highest BCUT2D eigenvalue weighted by molar-refractivity contribution is 5.59. The number of rotatable bonds is 2. The molecule has 1 unspecified atom stereocenters. The largest absolute Gasteiger partial charge is 0.487 e. The minimum Gasteiger partial charge on any atom is -0.487 e. The molecular weight excluding hydrogens is 186 g/mol. The summed E-state index contributed by atoms with van der Waals surface area (Å²) in [6.45, 7) is 7.47. The lowest BCUT2D eigenvalue weighted by molar-refractivity contribution is 0.226. The van der Waals surface area contributed by atoms with Gasteiger partial charge in [0.15, 0.2) is 0 Å². The molecule has 1 aromatic rings. The molecule has 82 valence electrons. The van der Waals surface area contributed by atoms with Crippen LogP contribution in [0.2, 0.25) is 0 Å². The SMILES string of the molecule is CC(C)Cc1ccc2c(c1)NCC(C)O2. The molecule has 0 saturated carbocycles. The molecule has 0 aliphatic carbocycles. The summed E-state index contributed by atoms with van der Waals surface area (Å²) in [6, 6.07) is 6.45. The zero-order valence-electron chi connectivity index (χ0n) is 9.71. The third-order valence-corrected chi connectivity index (χ3v) is 2.60. The Hall–Kier alpha value is -1.18. The minimum absolute atomic E-state index is 0.272. The van der Waals surface area contributed by atoms with Gasteiger partial charge in [-0.3, -0.25) is 0 Å². The fourth-order valence-corrected chi connectivity index (χ4v) is 1.93. The molecule has 1 atom stereocenters. The topological polar surface area (TPSA) is 21.3 Å². The van der Waals surface area contributed by atoms with E-state index in [0.717, 1.165) is 24.4 Å². The van der Waals surface area contributed by atoms with Crippen LogP contribution in [0.3, 0.4) is 0 Å². The van der Waals surface area contributed by atoms with Crippen LogP contribution in [-0.4, -0.2) is 12.6 Å². The van der Waals surface area contributed by atoms with E-state index in [9.17, 15) is 0 Å². The molecule has 1 aliphatic rings. The average molecular weight is 205 g/mol. The van der Waals surface area contributed by atoms with Crippen molar-refractivity contribution in [1.82, 2.24) is 0 Å². The summed E-state index contributed by atoms with van der Waals surface area (Å²) >= 11 is 0. The molecule has 1 N–H and O–H groups in total. The number of benzene rings is 1. The molecule has 2 nitrogen and oxygen atoms in total. The number of fused-ring (bicyclic) bond motifs is 1. The standard InChI is InChI=1S/C13H19NO/c1-9(2)6-11-4-5-13-12(7-11)14-8-10(3)15-13/h4-5,7,9-10,14H,6,8H2,1-3H3. The summed E-state index contributed by atoms with van der Waals surface area (Å²) in [5.41, 5.74) is 2.53. The van der Waals surface area contributed by atoms with E-state index in [-0.39, 0.29) is 6.10 Å². The fraction of sp³-hybridized carbons (Fsp3) is 0.538. The van der Waals surface area contributed by atoms with Crippen molar-refractivity contribution in [3.8, 4) is 5.75 Å². The molecule has 1 heterocycles. The summed E-state index contributed by atoms with van der Waals surface area (Å²) < 4.78 is 5.73. The number of nitrogens with one attached hydrogen (secondary N) is 1. The molecule has 0 aromatic heterocycles. The summed E-state index contributed by atoms with van der Waals surface area (Å²) in [5.74, 6) is 1.69. The Bertz CT molecular complexity index is 346. The van der Waals surface area contributed by atoms with Crippen LogP contribution >= 0.6 is 0 Å². The maximum atomic E-state index is 5.73.